The van der Waals surface area contributed by atoms with Crippen LogP contribution in [0.5, 0.6) is 11.5 Å². The average molecular weight is 277 g/mol. The molecule has 110 valence electrons. The number of carbonyl (C=O) groups is 1. The lowest BCUT2D eigenvalue weighted by Crippen LogP contribution is -2.38. The molecule has 0 radical (unpaired) electrons. The molecule has 0 aromatic heterocycles. The maximum absolute atomic E-state index is 12.3. The van der Waals surface area contributed by atoms with E-state index in [1.54, 1.807) is 18.2 Å². The largest absolute Gasteiger partial charge is 0.504 e. The zero-order chi connectivity index (χ0) is 14.5. The summed E-state index contributed by atoms with van der Waals surface area (Å²) in [5, 5.41) is 13.0. The predicted octanol–water partition coefficient (Wildman–Crippen LogP) is 3.10. The fraction of sp³-hybridized carbons (Fsp3) is 0.562. The third kappa shape index (κ3) is 3.24. The normalized spacial score (nSPS) is 17.5. The Balaban J connectivity index is 2.04. The Bertz CT molecular complexity index is 467. The second kappa shape index (κ2) is 6.64. The maximum Gasteiger partial charge on any atom is 0.255 e. The van der Waals surface area contributed by atoms with E-state index in [4.69, 9.17) is 4.74 Å². The molecule has 1 saturated carbocycles. The van der Waals surface area contributed by atoms with E-state index in [0.717, 1.165) is 0 Å². The number of hydrogen-bond donors (Lipinski definition) is 2. The second-order valence-corrected chi connectivity index (χ2v) is 5.52. The minimum atomic E-state index is -0.237. The van der Waals surface area contributed by atoms with E-state index < -0.39 is 0 Å². The highest BCUT2D eigenvalue weighted by atomic mass is 16.5. The van der Waals surface area contributed by atoms with Crippen LogP contribution in [0.25, 0.3) is 0 Å². The number of carbonyl (C=O) groups excluding carboxylic acids is 1. The third-order valence-corrected chi connectivity index (χ3v) is 4.18. The van der Waals surface area contributed by atoms with Crippen LogP contribution in [0.2, 0.25) is 0 Å². The number of phenols is 1. The van der Waals surface area contributed by atoms with Crippen LogP contribution in [0.4, 0.5) is 0 Å². The number of amides is 1. The van der Waals surface area contributed by atoms with Crippen LogP contribution in [0.15, 0.2) is 18.2 Å². The molecule has 1 aliphatic carbocycles. The molecule has 1 amide bonds. The van der Waals surface area contributed by atoms with Crippen LogP contribution < -0.4 is 10.1 Å². The number of methoxy groups -OCH3 is 1. The number of rotatable bonds is 4. The summed E-state index contributed by atoms with van der Waals surface area (Å²) in [6.45, 7) is 2.05. The van der Waals surface area contributed by atoms with Crippen molar-refractivity contribution in [3.8, 4) is 11.5 Å². The van der Waals surface area contributed by atoms with Crippen LogP contribution >= 0.6 is 0 Å². The number of benzene rings is 1. The van der Waals surface area contributed by atoms with E-state index in [-0.39, 0.29) is 23.3 Å². The molecule has 0 spiro atoms. The smallest absolute Gasteiger partial charge is 0.255 e. The van der Waals surface area contributed by atoms with Crippen molar-refractivity contribution < 1.29 is 14.6 Å². The molecule has 4 nitrogen and oxygen atoms in total. The monoisotopic (exact) mass is 277 g/mol. The Kier molecular flexibility index (Phi) is 4.88. The molecule has 2 rings (SSSR count). The first-order valence-corrected chi connectivity index (χ1v) is 7.30. The summed E-state index contributed by atoms with van der Waals surface area (Å²) in [6, 6.07) is 5.09. The van der Waals surface area contributed by atoms with Crippen molar-refractivity contribution in [1.29, 1.82) is 0 Å². The van der Waals surface area contributed by atoms with Crippen molar-refractivity contribution in [2.75, 3.05) is 7.11 Å². The molecular formula is C16H23NO3. The highest BCUT2D eigenvalue weighted by Crippen LogP contribution is 2.30. The summed E-state index contributed by atoms with van der Waals surface area (Å²) < 4.78 is 5.03. The Morgan fingerprint density at radius 2 is 2.05 bits per heavy atom. The van der Waals surface area contributed by atoms with Gasteiger partial charge in [0.15, 0.2) is 11.5 Å². The van der Waals surface area contributed by atoms with Gasteiger partial charge in [0, 0.05) is 6.04 Å². The van der Waals surface area contributed by atoms with Gasteiger partial charge in [0.2, 0.25) is 0 Å². The van der Waals surface area contributed by atoms with Crippen LogP contribution in [0.3, 0.4) is 0 Å². The molecule has 1 unspecified atom stereocenters. The van der Waals surface area contributed by atoms with Gasteiger partial charge in [0.05, 0.1) is 12.7 Å². The zero-order valence-corrected chi connectivity index (χ0v) is 12.2. The van der Waals surface area contributed by atoms with E-state index in [1.807, 2.05) is 6.92 Å². The topological polar surface area (TPSA) is 58.6 Å². The molecule has 1 atom stereocenters. The van der Waals surface area contributed by atoms with Crippen molar-refractivity contribution in [2.45, 2.75) is 45.1 Å². The summed E-state index contributed by atoms with van der Waals surface area (Å²) in [5.74, 6) is 0.534. The molecule has 0 aliphatic heterocycles. The van der Waals surface area contributed by atoms with Gasteiger partial charge in [-0.05, 0) is 37.8 Å². The zero-order valence-electron chi connectivity index (χ0n) is 12.2. The Labute approximate surface area is 120 Å². The van der Waals surface area contributed by atoms with Gasteiger partial charge < -0.3 is 15.2 Å². The lowest BCUT2D eigenvalue weighted by Gasteiger charge is -2.28. The standard InChI is InChI=1S/C16H23NO3/c1-11(12-7-4-3-5-8-12)17-16(19)13-9-6-10-14(20-2)15(13)18/h6,9-12,18H,3-5,7-8H2,1-2H3,(H,17,19). The summed E-state index contributed by atoms with van der Waals surface area (Å²) in [4.78, 5) is 12.3. The Hall–Kier alpha value is -1.71. The van der Waals surface area contributed by atoms with Crippen molar-refractivity contribution in [2.24, 2.45) is 5.92 Å². The van der Waals surface area contributed by atoms with Gasteiger partial charge in [-0.2, -0.15) is 0 Å². The second-order valence-electron chi connectivity index (χ2n) is 5.52. The Morgan fingerprint density at radius 1 is 1.35 bits per heavy atom. The summed E-state index contributed by atoms with van der Waals surface area (Å²) in [7, 11) is 1.47. The predicted molar refractivity (Wildman–Crippen MR) is 78.2 cm³/mol. The highest BCUT2D eigenvalue weighted by Gasteiger charge is 2.23. The van der Waals surface area contributed by atoms with E-state index in [0.29, 0.717) is 11.7 Å². The van der Waals surface area contributed by atoms with E-state index in [2.05, 4.69) is 5.32 Å². The average Bonchev–Trinajstić information content (AvgIpc) is 2.48. The lowest BCUT2D eigenvalue weighted by molar-refractivity contribution is 0.0916. The van der Waals surface area contributed by atoms with Crippen LogP contribution in [0, 0.1) is 5.92 Å². The molecule has 2 N–H and O–H groups in total. The maximum atomic E-state index is 12.3. The molecule has 0 heterocycles. The highest BCUT2D eigenvalue weighted by molar-refractivity contribution is 5.97. The third-order valence-electron chi connectivity index (χ3n) is 4.18. The SMILES string of the molecule is COc1cccc(C(=O)NC(C)C2CCCCC2)c1O. The van der Waals surface area contributed by atoms with Gasteiger partial charge in [-0.3, -0.25) is 4.79 Å². The first kappa shape index (κ1) is 14.7. The van der Waals surface area contributed by atoms with Crippen LogP contribution in [-0.4, -0.2) is 24.2 Å². The molecule has 1 fully saturated rings. The summed E-state index contributed by atoms with van der Waals surface area (Å²) in [5.41, 5.74) is 0.270. The lowest BCUT2D eigenvalue weighted by atomic mass is 9.84. The van der Waals surface area contributed by atoms with Crippen molar-refractivity contribution in [1.82, 2.24) is 5.32 Å². The molecule has 4 heteroatoms. The minimum absolute atomic E-state index is 0.0941. The van der Waals surface area contributed by atoms with E-state index >= 15 is 0 Å². The van der Waals surface area contributed by atoms with E-state index in [1.165, 1.54) is 39.2 Å². The number of phenolic OH excluding ortho intramolecular Hbond substituents is 1. The fourth-order valence-electron chi connectivity index (χ4n) is 2.91. The van der Waals surface area contributed by atoms with Crippen LogP contribution in [-0.2, 0) is 0 Å². The first-order chi connectivity index (χ1) is 9.63. The van der Waals surface area contributed by atoms with Gasteiger partial charge in [-0.15, -0.1) is 0 Å². The molecule has 1 aromatic rings. The summed E-state index contributed by atoms with van der Waals surface area (Å²) in [6.07, 6.45) is 6.13. The minimum Gasteiger partial charge on any atom is -0.504 e. The Morgan fingerprint density at radius 3 is 2.70 bits per heavy atom. The van der Waals surface area contributed by atoms with Crippen molar-refractivity contribution >= 4 is 5.91 Å². The number of hydrogen-bond acceptors (Lipinski definition) is 3. The fourth-order valence-corrected chi connectivity index (χ4v) is 2.91. The number of nitrogens with one attached hydrogen (secondary N) is 1. The van der Waals surface area contributed by atoms with Crippen LogP contribution in [0.1, 0.15) is 49.4 Å². The van der Waals surface area contributed by atoms with E-state index in [9.17, 15) is 9.90 Å². The number of aromatic hydroxyl groups is 1. The molecule has 1 aliphatic rings. The quantitative estimate of drug-likeness (QED) is 0.889. The molecule has 20 heavy (non-hydrogen) atoms. The van der Waals surface area contributed by atoms with Gasteiger partial charge in [0.1, 0.15) is 0 Å². The number of ether oxygens (including phenoxy) is 1. The first-order valence-electron chi connectivity index (χ1n) is 7.30. The summed E-state index contributed by atoms with van der Waals surface area (Å²) >= 11 is 0. The van der Waals surface area contributed by atoms with Gasteiger partial charge in [-0.1, -0.05) is 25.3 Å². The molecule has 1 aromatic carbocycles. The number of para-hydroxylation sites is 1. The van der Waals surface area contributed by atoms with Crippen molar-refractivity contribution in [3.63, 3.8) is 0 Å². The molecule has 0 saturated heterocycles. The van der Waals surface area contributed by atoms with Crippen molar-refractivity contribution in [3.05, 3.63) is 23.8 Å². The van der Waals surface area contributed by atoms with Gasteiger partial charge in [0.25, 0.3) is 5.91 Å². The molecular weight excluding hydrogens is 254 g/mol. The van der Waals surface area contributed by atoms with Gasteiger partial charge >= 0.3 is 0 Å². The molecule has 0 bridgehead atoms. The van der Waals surface area contributed by atoms with Gasteiger partial charge in [-0.25, -0.2) is 0 Å².